The number of rotatable bonds is 2. The molecule has 1 aliphatic rings. The van der Waals surface area contributed by atoms with Crippen molar-refractivity contribution in [3.8, 4) is 0 Å². The first-order valence-corrected chi connectivity index (χ1v) is 6.40. The molecule has 16 heavy (non-hydrogen) atoms. The second-order valence-electron chi connectivity index (χ2n) is 3.42. The molecule has 0 unspecified atom stereocenters. The number of aromatic nitrogens is 3. The van der Waals surface area contributed by atoms with E-state index in [4.69, 9.17) is 9.79 Å². The van der Waals surface area contributed by atoms with E-state index in [-0.39, 0.29) is 5.44 Å². The van der Waals surface area contributed by atoms with Gasteiger partial charge in [0.15, 0.2) is 0 Å². The predicted molar refractivity (Wildman–Crippen MR) is 56.6 cm³/mol. The van der Waals surface area contributed by atoms with Gasteiger partial charge < -0.3 is 20.0 Å². The van der Waals surface area contributed by atoms with E-state index >= 15 is 0 Å². The Morgan fingerprint density at radius 2 is 2.06 bits per heavy atom. The van der Waals surface area contributed by atoms with Crippen molar-refractivity contribution in [2.24, 2.45) is 0 Å². The Bertz CT molecular complexity index is 416. The average molecular weight is 245 g/mol. The lowest BCUT2D eigenvalue weighted by atomic mass is 10.3. The van der Waals surface area contributed by atoms with E-state index in [9.17, 15) is 4.57 Å². The lowest BCUT2D eigenvalue weighted by molar-refractivity contribution is 0.385. The van der Waals surface area contributed by atoms with Crippen molar-refractivity contribution < 1.29 is 14.4 Å². The van der Waals surface area contributed by atoms with Crippen molar-refractivity contribution in [2.45, 2.75) is 0 Å². The fourth-order valence-corrected chi connectivity index (χ4v) is 2.25. The molecule has 0 spiro atoms. The Balaban J connectivity index is 2.36. The van der Waals surface area contributed by atoms with Crippen molar-refractivity contribution >= 4 is 18.7 Å². The average Bonchev–Trinajstić information content (AvgIpc) is 2.29. The molecule has 1 aromatic heterocycles. The largest absolute Gasteiger partial charge is 0.378 e. The summed E-state index contributed by atoms with van der Waals surface area (Å²) in [5, 5.41) is 13.4. The van der Waals surface area contributed by atoms with Gasteiger partial charge in [0.05, 0.1) is 11.9 Å². The number of nitrogens with one attached hydrogen (secondary N) is 1. The van der Waals surface area contributed by atoms with Crippen LogP contribution in [0.5, 0.6) is 0 Å². The highest BCUT2D eigenvalue weighted by molar-refractivity contribution is 7.60. The fourth-order valence-electron chi connectivity index (χ4n) is 1.59. The van der Waals surface area contributed by atoms with Gasteiger partial charge in [0.2, 0.25) is 5.44 Å². The molecule has 0 bridgehead atoms. The summed E-state index contributed by atoms with van der Waals surface area (Å²) in [6, 6.07) is 0. The van der Waals surface area contributed by atoms with Crippen LogP contribution in [0.1, 0.15) is 0 Å². The van der Waals surface area contributed by atoms with Crippen molar-refractivity contribution in [1.82, 2.24) is 20.7 Å². The maximum Gasteiger partial charge on any atom is 0.378 e. The third kappa shape index (κ3) is 2.35. The van der Waals surface area contributed by atoms with Crippen LogP contribution >= 0.6 is 7.60 Å². The maximum atomic E-state index is 11.2. The van der Waals surface area contributed by atoms with Crippen LogP contribution in [0.3, 0.4) is 0 Å². The van der Waals surface area contributed by atoms with Crippen LogP contribution in [0.2, 0.25) is 0 Å². The highest BCUT2D eigenvalue weighted by atomic mass is 31.2. The van der Waals surface area contributed by atoms with Gasteiger partial charge in [0.1, 0.15) is 0 Å². The summed E-state index contributed by atoms with van der Waals surface area (Å²) in [7, 11) is -4.40. The molecule has 88 valence electrons. The number of hydrogen-bond acceptors (Lipinski definition) is 6. The van der Waals surface area contributed by atoms with Crippen LogP contribution in [0.25, 0.3) is 0 Å². The summed E-state index contributed by atoms with van der Waals surface area (Å²) in [4.78, 5) is 20.1. The van der Waals surface area contributed by atoms with Crippen molar-refractivity contribution in [3.63, 3.8) is 0 Å². The molecule has 0 aliphatic carbocycles. The van der Waals surface area contributed by atoms with E-state index in [1.165, 1.54) is 6.20 Å². The van der Waals surface area contributed by atoms with E-state index in [2.05, 4.69) is 20.7 Å². The Morgan fingerprint density at radius 1 is 1.38 bits per heavy atom. The molecule has 0 radical (unpaired) electrons. The molecule has 1 saturated heterocycles. The number of nitrogens with zero attached hydrogens (tertiary/aromatic N) is 4. The molecule has 0 saturated carbocycles. The Hall–Kier alpha value is -1.08. The molecule has 2 heterocycles. The topological polar surface area (TPSA) is 111 Å². The van der Waals surface area contributed by atoms with Gasteiger partial charge in [-0.15, -0.1) is 10.2 Å². The molecule has 1 aliphatic heterocycles. The minimum atomic E-state index is -4.40. The molecule has 8 nitrogen and oxygen atoms in total. The third-order valence-electron chi connectivity index (χ3n) is 2.33. The third-order valence-corrected chi connectivity index (χ3v) is 3.20. The van der Waals surface area contributed by atoms with Crippen LogP contribution in [-0.2, 0) is 4.57 Å². The van der Waals surface area contributed by atoms with Gasteiger partial charge >= 0.3 is 7.60 Å². The van der Waals surface area contributed by atoms with E-state index < -0.39 is 7.60 Å². The SMILES string of the molecule is O=P(O)(O)c1nnncc1N1CCNCC1. The molecule has 1 aromatic rings. The summed E-state index contributed by atoms with van der Waals surface area (Å²) in [5.74, 6) is 0. The van der Waals surface area contributed by atoms with Gasteiger partial charge in [-0.2, -0.15) is 0 Å². The first-order chi connectivity index (χ1) is 7.59. The molecule has 1 fully saturated rings. The molecule has 2 rings (SSSR count). The quantitative estimate of drug-likeness (QED) is 0.517. The second kappa shape index (κ2) is 4.42. The van der Waals surface area contributed by atoms with Crippen LogP contribution in [0.4, 0.5) is 5.69 Å². The minimum absolute atomic E-state index is 0.301. The molecule has 0 aromatic carbocycles. The lowest BCUT2D eigenvalue weighted by Crippen LogP contribution is -2.45. The fraction of sp³-hybridized carbons (Fsp3) is 0.571. The zero-order chi connectivity index (χ0) is 11.6. The van der Waals surface area contributed by atoms with Crippen molar-refractivity contribution in [2.75, 3.05) is 31.1 Å². The van der Waals surface area contributed by atoms with Crippen LogP contribution < -0.4 is 15.7 Å². The Kier molecular flexibility index (Phi) is 3.15. The highest BCUT2D eigenvalue weighted by Gasteiger charge is 2.28. The minimum Gasteiger partial charge on any atom is -0.366 e. The van der Waals surface area contributed by atoms with Crippen LogP contribution in [0.15, 0.2) is 6.20 Å². The number of anilines is 1. The van der Waals surface area contributed by atoms with E-state index in [1.807, 2.05) is 4.90 Å². The van der Waals surface area contributed by atoms with E-state index in [1.54, 1.807) is 0 Å². The molecule has 3 N–H and O–H groups in total. The zero-order valence-corrected chi connectivity index (χ0v) is 9.34. The standard InChI is InChI=1S/C7H12N5O3P/c13-16(14,15)7-6(5-9-11-10-7)12-3-1-8-2-4-12/h5,8H,1-4H2,(H2,13,14,15). The summed E-state index contributed by atoms with van der Waals surface area (Å²) in [6.45, 7) is 2.87. The summed E-state index contributed by atoms with van der Waals surface area (Å²) >= 11 is 0. The first-order valence-electron chi connectivity index (χ1n) is 4.79. The maximum absolute atomic E-state index is 11.2. The lowest BCUT2D eigenvalue weighted by Gasteiger charge is -2.29. The van der Waals surface area contributed by atoms with Crippen LogP contribution in [-0.4, -0.2) is 51.4 Å². The number of piperazine rings is 1. The monoisotopic (exact) mass is 245 g/mol. The van der Waals surface area contributed by atoms with Crippen LogP contribution in [0, 0.1) is 0 Å². The molecular weight excluding hydrogens is 233 g/mol. The van der Waals surface area contributed by atoms with Gasteiger partial charge in [-0.25, -0.2) is 0 Å². The van der Waals surface area contributed by atoms with Gasteiger partial charge in [-0.1, -0.05) is 0 Å². The molecule has 9 heteroatoms. The zero-order valence-electron chi connectivity index (χ0n) is 8.44. The highest BCUT2D eigenvalue weighted by Crippen LogP contribution is 2.35. The normalized spacial score (nSPS) is 17.5. The van der Waals surface area contributed by atoms with Crippen molar-refractivity contribution in [1.29, 1.82) is 0 Å². The summed E-state index contributed by atoms with van der Waals surface area (Å²) in [5.41, 5.74) is 0.0641. The van der Waals surface area contributed by atoms with Gasteiger partial charge in [-0.3, -0.25) is 4.57 Å². The van der Waals surface area contributed by atoms with Crippen molar-refractivity contribution in [3.05, 3.63) is 6.20 Å². The second-order valence-corrected chi connectivity index (χ2v) is 4.94. The number of hydrogen-bond donors (Lipinski definition) is 3. The molecule has 0 atom stereocenters. The smallest absolute Gasteiger partial charge is 0.366 e. The van der Waals surface area contributed by atoms with Gasteiger partial charge in [-0.05, 0) is 5.21 Å². The first kappa shape index (κ1) is 11.4. The van der Waals surface area contributed by atoms with Gasteiger partial charge in [0, 0.05) is 26.2 Å². The van der Waals surface area contributed by atoms with E-state index in [0.29, 0.717) is 18.8 Å². The summed E-state index contributed by atoms with van der Waals surface area (Å²) < 4.78 is 11.2. The Labute approximate surface area is 91.8 Å². The molecule has 0 amide bonds. The van der Waals surface area contributed by atoms with Gasteiger partial charge in [0.25, 0.3) is 0 Å². The summed E-state index contributed by atoms with van der Waals surface area (Å²) in [6.07, 6.45) is 1.34. The molecular formula is C7H12N5O3P. The van der Waals surface area contributed by atoms with E-state index in [0.717, 1.165) is 13.1 Å². The predicted octanol–water partition coefficient (Wildman–Crippen LogP) is -1.92. The Morgan fingerprint density at radius 3 is 2.69 bits per heavy atom.